The number of benzene rings is 1. The number of rotatable bonds is 7. The van der Waals surface area contributed by atoms with Gasteiger partial charge >= 0.3 is 0 Å². The fourth-order valence-electron chi connectivity index (χ4n) is 1.88. The number of carbonyl (C=O) groups excluding carboxylic acids is 2. The molecule has 2 amide bonds. The Balaban J connectivity index is 2.60. The summed E-state index contributed by atoms with van der Waals surface area (Å²) in [5.41, 5.74) is 1.66. The first-order valence-electron chi connectivity index (χ1n) is 6.91. The van der Waals surface area contributed by atoms with Crippen molar-refractivity contribution >= 4 is 11.8 Å². The molecule has 0 radical (unpaired) electrons. The van der Waals surface area contributed by atoms with Crippen LogP contribution in [0.2, 0.25) is 0 Å². The van der Waals surface area contributed by atoms with Gasteiger partial charge in [0.25, 0.3) is 5.91 Å². The van der Waals surface area contributed by atoms with Gasteiger partial charge in [-0.15, -0.1) is 0 Å². The van der Waals surface area contributed by atoms with Gasteiger partial charge in [-0.2, -0.15) is 0 Å². The molecule has 0 aromatic heterocycles. The fraction of sp³-hybridized carbons (Fsp3) is 0.467. The van der Waals surface area contributed by atoms with Crippen molar-refractivity contribution in [3.63, 3.8) is 0 Å². The maximum atomic E-state index is 12.1. The number of hydrogen-bond acceptors (Lipinski definition) is 3. The minimum absolute atomic E-state index is 0.0424. The average Bonchev–Trinajstić information content (AvgIpc) is 2.47. The van der Waals surface area contributed by atoms with Crippen LogP contribution in [-0.4, -0.2) is 43.4 Å². The Kier molecular flexibility index (Phi) is 6.73. The minimum atomic E-state index is -0.0456. The molecule has 0 aliphatic heterocycles. The molecule has 0 bridgehead atoms. The Hall–Kier alpha value is -1.88. The zero-order valence-electron chi connectivity index (χ0n) is 12.4. The van der Waals surface area contributed by atoms with E-state index >= 15 is 0 Å². The lowest BCUT2D eigenvalue weighted by atomic mass is 10.1. The Morgan fingerprint density at radius 2 is 1.70 bits per heavy atom. The lowest BCUT2D eigenvalue weighted by Crippen LogP contribution is -2.31. The Morgan fingerprint density at radius 3 is 2.20 bits per heavy atom. The molecule has 0 saturated carbocycles. The van der Waals surface area contributed by atoms with Gasteiger partial charge in [0, 0.05) is 25.2 Å². The maximum absolute atomic E-state index is 12.1. The van der Waals surface area contributed by atoms with Gasteiger partial charge < -0.3 is 15.5 Å². The summed E-state index contributed by atoms with van der Waals surface area (Å²) >= 11 is 0. The van der Waals surface area contributed by atoms with Crippen molar-refractivity contribution in [2.45, 2.75) is 20.4 Å². The first-order chi connectivity index (χ1) is 9.62. The van der Waals surface area contributed by atoms with Crippen LogP contribution in [0.5, 0.6) is 0 Å². The highest BCUT2D eigenvalue weighted by molar-refractivity contribution is 5.94. The Morgan fingerprint density at radius 1 is 1.10 bits per heavy atom. The highest BCUT2D eigenvalue weighted by Crippen LogP contribution is 2.07. The predicted octanol–water partition coefficient (Wildman–Crippen LogP) is 1.00. The summed E-state index contributed by atoms with van der Waals surface area (Å²) < 4.78 is 0. The lowest BCUT2D eigenvalue weighted by molar-refractivity contribution is -0.120. The lowest BCUT2D eigenvalue weighted by Gasteiger charge is -2.18. The van der Waals surface area contributed by atoms with Crippen molar-refractivity contribution in [2.24, 2.45) is 0 Å². The van der Waals surface area contributed by atoms with Crippen molar-refractivity contribution in [1.82, 2.24) is 15.5 Å². The predicted molar refractivity (Wildman–Crippen MR) is 79.5 cm³/mol. The summed E-state index contributed by atoms with van der Waals surface area (Å²) in [6.07, 6.45) is 0. The van der Waals surface area contributed by atoms with Crippen LogP contribution in [0.3, 0.4) is 0 Å². The monoisotopic (exact) mass is 277 g/mol. The van der Waals surface area contributed by atoms with E-state index in [1.54, 1.807) is 24.1 Å². The quantitative estimate of drug-likeness (QED) is 0.782. The molecule has 5 heteroatoms. The second-order valence-electron chi connectivity index (χ2n) is 4.48. The molecule has 0 saturated heterocycles. The summed E-state index contributed by atoms with van der Waals surface area (Å²) in [5.74, 6) is -0.00318. The van der Waals surface area contributed by atoms with Crippen LogP contribution in [0.25, 0.3) is 0 Å². The van der Waals surface area contributed by atoms with Crippen LogP contribution in [0.1, 0.15) is 29.8 Å². The fourth-order valence-corrected chi connectivity index (χ4v) is 1.88. The molecular weight excluding hydrogens is 254 g/mol. The first kappa shape index (κ1) is 16.2. The molecule has 0 fully saturated rings. The van der Waals surface area contributed by atoms with Crippen LogP contribution in [0.4, 0.5) is 0 Å². The molecule has 1 rings (SSSR count). The van der Waals surface area contributed by atoms with E-state index in [1.165, 1.54) is 0 Å². The molecule has 0 spiro atoms. The Bertz CT molecular complexity index is 439. The van der Waals surface area contributed by atoms with Gasteiger partial charge in [0.05, 0.1) is 6.54 Å². The number of hydrogen-bond donors (Lipinski definition) is 2. The largest absolute Gasteiger partial charge is 0.351 e. The smallest absolute Gasteiger partial charge is 0.253 e. The van der Waals surface area contributed by atoms with Crippen molar-refractivity contribution in [2.75, 3.05) is 26.7 Å². The van der Waals surface area contributed by atoms with E-state index in [2.05, 4.69) is 10.6 Å². The zero-order valence-corrected chi connectivity index (χ0v) is 12.4. The molecule has 1 aromatic rings. The molecular formula is C15H23N3O2. The highest BCUT2D eigenvalue weighted by Gasteiger charge is 2.11. The number of nitrogens with zero attached hydrogens (tertiary/aromatic N) is 1. The van der Waals surface area contributed by atoms with Crippen LogP contribution in [0.15, 0.2) is 24.3 Å². The zero-order chi connectivity index (χ0) is 15.0. The van der Waals surface area contributed by atoms with E-state index in [-0.39, 0.29) is 11.8 Å². The molecule has 20 heavy (non-hydrogen) atoms. The van der Waals surface area contributed by atoms with Gasteiger partial charge in [-0.3, -0.25) is 9.59 Å². The average molecular weight is 277 g/mol. The number of amides is 2. The summed E-state index contributed by atoms with van der Waals surface area (Å²) in [6, 6.07) is 7.35. The van der Waals surface area contributed by atoms with Crippen molar-refractivity contribution in [3.05, 3.63) is 35.4 Å². The van der Waals surface area contributed by atoms with Gasteiger partial charge in [-0.25, -0.2) is 0 Å². The second-order valence-corrected chi connectivity index (χ2v) is 4.48. The maximum Gasteiger partial charge on any atom is 0.253 e. The number of carbonyl (C=O) groups is 2. The minimum Gasteiger partial charge on any atom is -0.351 e. The van der Waals surface area contributed by atoms with E-state index < -0.39 is 0 Å². The van der Waals surface area contributed by atoms with Crippen LogP contribution in [-0.2, 0) is 11.3 Å². The van der Waals surface area contributed by atoms with Gasteiger partial charge in [-0.1, -0.05) is 12.1 Å². The highest BCUT2D eigenvalue weighted by atomic mass is 16.2. The van der Waals surface area contributed by atoms with E-state index in [4.69, 9.17) is 0 Å². The molecule has 0 heterocycles. The van der Waals surface area contributed by atoms with Crippen LogP contribution >= 0.6 is 0 Å². The van der Waals surface area contributed by atoms with E-state index in [0.29, 0.717) is 31.7 Å². The second kappa shape index (κ2) is 8.32. The molecule has 110 valence electrons. The molecule has 0 atom stereocenters. The van der Waals surface area contributed by atoms with E-state index in [1.807, 2.05) is 26.0 Å². The van der Waals surface area contributed by atoms with Gasteiger partial charge in [-0.05, 0) is 38.6 Å². The summed E-state index contributed by atoms with van der Waals surface area (Å²) in [6.45, 7) is 6.12. The standard InChI is InChI=1S/C15H23N3O2/c1-4-18(5-2)15(20)13-8-6-12(7-9-13)10-17-14(19)11-16-3/h6-9,16H,4-5,10-11H2,1-3H3,(H,17,19). The molecule has 1 aromatic carbocycles. The topological polar surface area (TPSA) is 61.4 Å². The van der Waals surface area contributed by atoms with Crippen LogP contribution < -0.4 is 10.6 Å². The van der Waals surface area contributed by atoms with Crippen LogP contribution in [0, 0.1) is 0 Å². The third-order valence-electron chi connectivity index (χ3n) is 3.08. The third-order valence-corrected chi connectivity index (χ3v) is 3.08. The first-order valence-corrected chi connectivity index (χ1v) is 6.91. The van der Waals surface area contributed by atoms with Crippen molar-refractivity contribution in [1.29, 1.82) is 0 Å². The van der Waals surface area contributed by atoms with Crippen molar-refractivity contribution in [3.8, 4) is 0 Å². The van der Waals surface area contributed by atoms with E-state index in [0.717, 1.165) is 5.56 Å². The molecule has 5 nitrogen and oxygen atoms in total. The molecule has 0 aliphatic rings. The molecule has 0 aliphatic carbocycles. The SMILES string of the molecule is CCN(CC)C(=O)c1ccc(CNC(=O)CNC)cc1. The van der Waals surface area contributed by atoms with Gasteiger partial charge in [0.1, 0.15) is 0 Å². The summed E-state index contributed by atoms with van der Waals surface area (Å²) in [5, 5.41) is 5.59. The van der Waals surface area contributed by atoms with Gasteiger partial charge in [0.15, 0.2) is 0 Å². The summed E-state index contributed by atoms with van der Waals surface area (Å²) in [7, 11) is 1.73. The van der Waals surface area contributed by atoms with E-state index in [9.17, 15) is 9.59 Å². The molecule has 0 unspecified atom stereocenters. The third kappa shape index (κ3) is 4.66. The normalized spacial score (nSPS) is 10.2. The van der Waals surface area contributed by atoms with Crippen molar-refractivity contribution < 1.29 is 9.59 Å². The Labute approximate surface area is 120 Å². The number of nitrogens with one attached hydrogen (secondary N) is 2. The molecule has 2 N–H and O–H groups in total. The van der Waals surface area contributed by atoms with Gasteiger partial charge in [0.2, 0.25) is 5.91 Å². The number of likely N-dealkylation sites (N-methyl/N-ethyl adjacent to an activating group) is 1. The summed E-state index contributed by atoms with van der Waals surface area (Å²) in [4.78, 5) is 25.2.